The SMILES string of the molecule is Cn1nc(C(=O)/N=c2\[nH]c3cc(N4CCOCC4=O)ccc3n2CCCO)c2ccccc21. The summed E-state index contributed by atoms with van der Waals surface area (Å²) in [6.07, 6.45) is 0.505. The van der Waals surface area contributed by atoms with Gasteiger partial charge in [-0.1, -0.05) is 18.2 Å². The molecule has 0 saturated carbocycles. The first kappa shape index (κ1) is 21.1. The molecular formula is C23H24N6O4. The molecule has 0 bridgehead atoms. The van der Waals surface area contributed by atoms with Crippen LogP contribution in [-0.2, 0) is 23.1 Å². The standard InChI is InChI=1S/C23H24N6O4/c1-27-18-6-3-2-5-16(18)21(26-27)22(32)25-23-24-17-13-15(28-10-12-33-14-20(28)31)7-8-19(17)29(23)9-4-11-30/h2-3,5-8,13,30H,4,9-12,14H2,1H3,(H,24,25,32). The summed E-state index contributed by atoms with van der Waals surface area (Å²) in [4.78, 5) is 34.6. The lowest BCUT2D eigenvalue weighted by molar-refractivity contribution is -0.125. The second-order valence-corrected chi connectivity index (χ2v) is 7.88. The topological polar surface area (TPSA) is 118 Å². The fourth-order valence-corrected chi connectivity index (χ4v) is 4.18. The quantitative estimate of drug-likeness (QED) is 0.478. The van der Waals surface area contributed by atoms with E-state index >= 15 is 0 Å². The highest BCUT2D eigenvalue weighted by molar-refractivity contribution is 6.05. The summed E-state index contributed by atoms with van der Waals surface area (Å²) >= 11 is 0. The summed E-state index contributed by atoms with van der Waals surface area (Å²) in [5.74, 6) is -0.554. The third-order valence-corrected chi connectivity index (χ3v) is 5.78. The maximum Gasteiger partial charge on any atom is 0.301 e. The third-order valence-electron chi connectivity index (χ3n) is 5.78. The van der Waals surface area contributed by atoms with Gasteiger partial charge in [0.05, 0.1) is 23.2 Å². The van der Waals surface area contributed by atoms with Crippen LogP contribution in [0.15, 0.2) is 47.5 Å². The average Bonchev–Trinajstić information content (AvgIpc) is 3.34. The van der Waals surface area contributed by atoms with Crippen LogP contribution in [0.2, 0.25) is 0 Å². The number of benzene rings is 2. The smallest absolute Gasteiger partial charge is 0.301 e. The molecule has 1 aliphatic heterocycles. The summed E-state index contributed by atoms with van der Waals surface area (Å²) in [5, 5.41) is 14.5. The van der Waals surface area contributed by atoms with E-state index in [0.717, 1.165) is 27.6 Å². The lowest BCUT2D eigenvalue weighted by Crippen LogP contribution is -2.41. The van der Waals surface area contributed by atoms with Crippen LogP contribution >= 0.6 is 0 Å². The van der Waals surface area contributed by atoms with Crippen molar-refractivity contribution < 1.29 is 19.4 Å². The number of H-pyrrole nitrogens is 1. The number of aliphatic hydroxyl groups excluding tert-OH is 1. The van der Waals surface area contributed by atoms with E-state index in [-0.39, 0.29) is 24.8 Å². The van der Waals surface area contributed by atoms with Crippen molar-refractivity contribution in [3.8, 4) is 0 Å². The number of carbonyl (C=O) groups is 2. The molecule has 4 aromatic rings. The molecule has 5 rings (SSSR count). The number of amides is 2. The number of aryl methyl sites for hydroxylation is 2. The van der Waals surface area contributed by atoms with Crippen LogP contribution in [0.5, 0.6) is 0 Å². The molecule has 3 heterocycles. The van der Waals surface area contributed by atoms with Crippen molar-refractivity contribution in [3.05, 3.63) is 53.8 Å². The van der Waals surface area contributed by atoms with E-state index in [1.165, 1.54) is 0 Å². The van der Waals surface area contributed by atoms with Gasteiger partial charge in [0.1, 0.15) is 6.61 Å². The fraction of sp³-hybridized carbons (Fsp3) is 0.304. The Kier molecular flexibility index (Phi) is 5.53. The summed E-state index contributed by atoms with van der Waals surface area (Å²) in [7, 11) is 1.79. The monoisotopic (exact) mass is 448 g/mol. The second kappa shape index (κ2) is 8.64. The molecule has 0 spiro atoms. The van der Waals surface area contributed by atoms with Crippen LogP contribution in [0.1, 0.15) is 16.9 Å². The molecule has 0 unspecified atom stereocenters. The third kappa shape index (κ3) is 3.83. The lowest BCUT2D eigenvalue weighted by atomic mass is 10.2. The molecule has 2 amide bonds. The molecule has 2 aromatic heterocycles. The number of para-hydroxylation sites is 1. The first-order valence-electron chi connectivity index (χ1n) is 10.8. The van der Waals surface area contributed by atoms with Gasteiger partial charge in [-0.2, -0.15) is 10.1 Å². The number of imidazole rings is 1. The number of hydrogen-bond acceptors (Lipinski definition) is 5. The van der Waals surface area contributed by atoms with E-state index in [1.807, 2.05) is 47.0 Å². The molecule has 2 aromatic carbocycles. The van der Waals surface area contributed by atoms with Gasteiger partial charge in [0.25, 0.3) is 5.91 Å². The van der Waals surface area contributed by atoms with Gasteiger partial charge >= 0.3 is 5.91 Å². The number of morpholine rings is 1. The van der Waals surface area contributed by atoms with Gasteiger partial charge in [-0.15, -0.1) is 0 Å². The van der Waals surface area contributed by atoms with Crippen molar-refractivity contribution in [1.29, 1.82) is 0 Å². The van der Waals surface area contributed by atoms with E-state index in [4.69, 9.17) is 4.74 Å². The fourth-order valence-electron chi connectivity index (χ4n) is 4.18. The number of aromatic nitrogens is 4. The van der Waals surface area contributed by atoms with E-state index in [0.29, 0.717) is 31.7 Å². The van der Waals surface area contributed by atoms with Crippen LogP contribution < -0.4 is 10.5 Å². The van der Waals surface area contributed by atoms with Gasteiger partial charge in [-0.05, 0) is 30.7 Å². The lowest BCUT2D eigenvalue weighted by Gasteiger charge is -2.26. The molecule has 0 aliphatic carbocycles. The van der Waals surface area contributed by atoms with Crippen LogP contribution in [-0.4, -0.2) is 62.6 Å². The molecular weight excluding hydrogens is 424 g/mol. The van der Waals surface area contributed by atoms with Gasteiger partial charge in [0.2, 0.25) is 5.62 Å². The van der Waals surface area contributed by atoms with Gasteiger partial charge in [-0.3, -0.25) is 14.3 Å². The first-order chi connectivity index (χ1) is 16.1. The molecule has 1 saturated heterocycles. The Morgan fingerprint density at radius 1 is 1.24 bits per heavy atom. The molecule has 1 aliphatic rings. The number of anilines is 1. The van der Waals surface area contributed by atoms with Gasteiger partial charge in [-0.25, -0.2) is 0 Å². The Hall–Kier alpha value is -3.76. The predicted molar refractivity (Wildman–Crippen MR) is 122 cm³/mol. The van der Waals surface area contributed by atoms with E-state index in [1.54, 1.807) is 16.6 Å². The summed E-state index contributed by atoms with van der Waals surface area (Å²) < 4.78 is 8.74. The number of nitrogens with one attached hydrogen (secondary N) is 1. The highest BCUT2D eigenvalue weighted by Crippen LogP contribution is 2.22. The summed E-state index contributed by atoms with van der Waals surface area (Å²) in [6.45, 7) is 1.52. The van der Waals surface area contributed by atoms with Crippen LogP contribution in [0.25, 0.3) is 21.9 Å². The number of fused-ring (bicyclic) bond motifs is 2. The largest absolute Gasteiger partial charge is 0.396 e. The molecule has 2 N–H and O–H groups in total. The minimum atomic E-state index is -0.459. The van der Waals surface area contributed by atoms with Crippen LogP contribution in [0.3, 0.4) is 0 Å². The molecule has 10 nitrogen and oxygen atoms in total. The zero-order valence-electron chi connectivity index (χ0n) is 18.2. The molecule has 0 atom stereocenters. The zero-order valence-corrected chi connectivity index (χ0v) is 18.2. The van der Waals surface area contributed by atoms with E-state index in [9.17, 15) is 14.7 Å². The van der Waals surface area contributed by atoms with Gasteiger partial charge < -0.3 is 24.3 Å². The van der Waals surface area contributed by atoms with E-state index < -0.39 is 5.91 Å². The number of nitrogens with zero attached hydrogens (tertiary/aromatic N) is 5. The maximum absolute atomic E-state index is 13.1. The Morgan fingerprint density at radius 2 is 2.09 bits per heavy atom. The molecule has 1 fully saturated rings. The normalized spacial score (nSPS) is 15.2. The summed E-state index contributed by atoms with van der Waals surface area (Å²) in [5.41, 5.74) is 3.80. The highest BCUT2D eigenvalue weighted by Gasteiger charge is 2.21. The van der Waals surface area contributed by atoms with Gasteiger partial charge in [0.15, 0.2) is 5.69 Å². The number of aromatic amines is 1. The second-order valence-electron chi connectivity index (χ2n) is 7.88. The van der Waals surface area contributed by atoms with Crippen molar-refractivity contribution in [2.45, 2.75) is 13.0 Å². The van der Waals surface area contributed by atoms with Crippen molar-refractivity contribution >= 4 is 39.4 Å². The first-order valence-corrected chi connectivity index (χ1v) is 10.8. The zero-order chi connectivity index (χ0) is 22.9. The van der Waals surface area contributed by atoms with Crippen LogP contribution in [0.4, 0.5) is 5.69 Å². The molecule has 0 radical (unpaired) electrons. The molecule has 170 valence electrons. The van der Waals surface area contributed by atoms with Gasteiger partial charge in [0, 0.05) is 37.8 Å². The van der Waals surface area contributed by atoms with Crippen molar-refractivity contribution in [2.75, 3.05) is 31.3 Å². The Bertz CT molecular complexity index is 1430. The molecule has 33 heavy (non-hydrogen) atoms. The minimum absolute atomic E-state index is 0.0122. The van der Waals surface area contributed by atoms with E-state index in [2.05, 4.69) is 15.1 Å². The number of rotatable bonds is 5. The Labute approximate surface area is 188 Å². The highest BCUT2D eigenvalue weighted by atomic mass is 16.5. The Morgan fingerprint density at radius 3 is 2.91 bits per heavy atom. The average molecular weight is 448 g/mol. The predicted octanol–water partition coefficient (Wildman–Crippen LogP) is 1.34. The van der Waals surface area contributed by atoms with Crippen molar-refractivity contribution in [3.63, 3.8) is 0 Å². The van der Waals surface area contributed by atoms with Crippen LogP contribution in [0, 0.1) is 0 Å². The minimum Gasteiger partial charge on any atom is -0.396 e. The molecule has 10 heteroatoms. The number of aliphatic hydroxyl groups is 1. The number of carbonyl (C=O) groups excluding carboxylic acids is 2. The maximum atomic E-state index is 13.1. The number of ether oxygens (including phenoxy) is 1. The number of hydrogen-bond donors (Lipinski definition) is 2. The van der Waals surface area contributed by atoms with Crippen molar-refractivity contribution in [1.82, 2.24) is 19.3 Å². The summed E-state index contributed by atoms with van der Waals surface area (Å²) in [6, 6.07) is 13.1. The van der Waals surface area contributed by atoms with Crippen molar-refractivity contribution in [2.24, 2.45) is 12.0 Å². The Balaban J connectivity index is 1.60.